The lowest BCUT2D eigenvalue weighted by molar-refractivity contribution is 0.0738. The van der Waals surface area contributed by atoms with Crippen molar-refractivity contribution < 1.29 is 28.9 Å². The molecule has 1 aromatic rings. The van der Waals surface area contributed by atoms with Gasteiger partial charge in [-0.15, -0.1) is 0 Å². The van der Waals surface area contributed by atoms with E-state index >= 15 is 0 Å². The molecular weight excluding hydrogens is 342 g/mol. The number of anilines is 1. The van der Waals surface area contributed by atoms with Crippen molar-refractivity contribution in [2.24, 2.45) is 0 Å². The lowest BCUT2D eigenvalue weighted by atomic mass is 10.2. The van der Waals surface area contributed by atoms with Crippen LogP contribution in [0.2, 0.25) is 0 Å². The quantitative estimate of drug-likeness (QED) is 0.859. The van der Waals surface area contributed by atoms with Crippen LogP contribution in [-0.2, 0) is 4.74 Å². The monoisotopic (exact) mass is 363 g/mol. The summed E-state index contributed by atoms with van der Waals surface area (Å²) in [5.74, 6) is 1.32. The Bertz CT molecular complexity index is 704. The minimum atomic E-state index is -0.887. The SMILES string of the molecule is O=C(O)N1CCN(C[C@@H]2CN(c3ccc4c(c3)OCCO4)C(=O)O2)CC1. The zero-order valence-corrected chi connectivity index (χ0v) is 14.3. The number of rotatable bonds is 3. The summed E-state index contributed by atoms with van der Waals surface area (Å²) in [6.07, 6.45) is -1.51. The van der Waals surface area contributed by atoms with Crippen molar-refractivity contribution in [3.63, 3.8) is 0 Å². The van der Waals surface area contributed by atoms with Crippen LogP contribution < -0.4 is 14.4 Å². The van der Waals surface area contributed by atoms with Gasteiger partial charge in [-0.3, -0.25) is 9.80 Å². The summed E-state index contributed by atoms with van der Waals surface area (Å²) in [7, 11) is 0. The largest absolute Gasteiger partial charge is 0.486 e. The summed E-state index contributed by atoms with van der Waals surface area (Å²) in [6, 6.07) is 5.42. The normalized spacial score (nSPS) is 23.1. The van der Waals surface area contributed by atoms with E-state index in [0.29, 0.717) is 64.0 Å². The molecule has 1 N–H and O–H groups in total. The molecular formula is C17H21N3O6. The number of cyclic esters (lactones) is 1. The fourth-order valence-electron chi connectivity index (χ4n) is 3.44. The van der Waals surface area contributed by atoms with Gasteiger partial charge in [-0.1, -0.05) is 0 Å². The maximum absolute atomic E-state index is 12.3. The fraction of sp³-hybridized carbons (Fsp3) is 0.529. The zero-order valence-electron chi connectivity index (χ0n) is 14.3. The van der Waals surface area contributed by atoms with Crippen LogP contribution in [0.5, 0.6) is 11.5 Å². The maximum atomic E-state index is 12.3. The molecule has 3 heterocycles. The number of amides is 2. The van der Waals surface area contributed by atoms with E-state index in [1.807, 2.05) is 6.07 Å². The zero-order chi connectivity index (χ0) is 18.1. The lowest BCUT2D eigenvalue weighted by Crippen LogP contribution is -2.50. The molecule has 0 unspecified atom stereocenters. The summed E-state index contributed by atoms with van der Waals surface area (Å²) in [5, 5.41) is 9.00. The molecule has 2 saturated heterocycles. The van der Waals surface area contributed by atoms with Gasteiger partial charge in [0.05, 0.1) is 12.2 Å². The first-order valence-corrected chi connectivity index (χ1v) is 8.68. The van der Waals surface area contributed by atoms with E-state index in [9.17, 15) is 9.59 Å². The van der Waals surface area contributed by atoms with Crippen molar-refractivity contribution in [2.75, 3.05) is 57.4 Å². The molecule has 9 heteroatoms. The van der Waals surface area contributed by atoms with Crippen LogP contribution in [0.25, 0.3) is 0 Å². The van der Waals surface area contributed by atoms with Gasteiger partial charge in [-0.2, -0.15) is 0 Å². The molecule has 0 spiro atoms. The van der Waals surface area contributed by atoms with Crippen LogP contribution in [0, 0.1) is 0 Å². The van der Waals surface area contributed by atoms with Crippen LogP contribution >= 0.6 is 0 Å². The number of piperazine rings is 1. The van der Waals surface area contributed by atoms with E-state index < -0.39 is 6.09 Å². The molecule has 0 bridgehead atoms. The fourth-order valence-corrected chi connectivity index (χ4v) is 3.44. The number of hydrogen-bond acceptors (Lipinski definition) is 6. The molecule has 0 radical (unpaired) electrons. The smallest absolute Gasteiger partial charge is 0.414 e. The summed E-state index contributed by atoms with van der Waals surface area (Å²) in [6.45, 7) is 4.30. The number of benzene rings is 1. The Balaban J connectivity index is 1.36. The average Bonchev–Trinajstić information content (AvgIpc) is 3.02. The highest BCUT2D eigenvalue weighted by Gasteiger charge is 2.35. The lowest BCUT2D eigenvalue weighted by Gasteiger charge is -2.33. The number of ether oxygens (including phenoxy) is 3. The van der Waals surface area contributed by atoms with Crippen molar-refractivity contribution in [3.8, 4) is 11.5 Å². The third-order valence-electron chi connectivity index (χ3n) is 4.82. The number of carbonyl (C=O) groups excluding carboxylic acids is 1. The molecule has 2 amide bonds. The Labute approximate surface area is 150 Å². The molecule has 4 rings (SSSR count). The van der Waals surface area contributed by atoms with E-state index in [4.69, 9.17) is 19.3 Å². The van der Waals surface area contributed by atoms with Gasteiger partial charge in [-0.25, -0.2) is 9.59 Å². The highest BCUT2D eigenvalue weighted by molar-refractivity contribution is 5.90. The second-order valence-electron chi connectivity index (χ2n) is 6.51. The Morgan fingerprint density at radius 1 is 1.12 bits per heavy atom. The first-order chi connectivity index (χ1) is 12.6. The van der Waals surface area contributed by atoms with Crippen LogP contribution in [0.4, 0.5) is 15.3 Å². The van der Waals surface area contributed by atoms with Gasteiger partial charge >= 0.3 is 12.2 Å². The standard InChI is InChI=1S/C17H21N3O6/c21-16(22)19-5-3-18(4-6-19)10-13-11-20(17(23)26-13)12-1-2-14-15(9-12)25-8-7-24-14/h1-2,9,13H,3-8,10-11H2,(H,21,22)/t13-/m1/s1. The van der Waals surface area contributed by atoms with Gasteiger partial charge < -0.3 is 24.2 Å². The average molecular weight is 363 g/mol. The van der Waals surface area contributed by atoms with Gasteiger partial charge in [0.2, 0.25) is 0 Å². The van der Waals surface area contributed by atoms with Crippen LogP contribution in [0.3, 0.4) is 0 Å². The van der Waals surface area contributed by atoms with Gasteiger partial charge in [0, 0.05) is 38.8 Å². The van der Waals surface area contributed by atoms with E-state index in [-0.39, 0.29) is 12.2 Å². The van der Waals surface area contributed by atoms with Crippen LogP contribution in [0.15, 0.2) is 18.2 Å². The highest BCUT2D eigenvalue weighted by Crippen LogP contribution is 2.35. The van der Waals surface area contributed by atoms with E-state index in [2.05, 4.69) is 4.90 Å². The third kappa shape index (κ3) is 3.34. The summed E-state index contributed by atoms with van der Waals surface area (Å²) >= 11 is 0. The predicted molar refractivity (Wildman–Crippen MR) is 91.1 cm³/mol. The molecule has 1 aromatic carbocycles. The minimum absolute atomic E-state index is 0.243. The van der Waals surface area contributed by atoms with E-state index in [1.54, 1.807) is 17.0 Å². The molecule has 0 saturated carbocycles. The van der Waals surface area contributed by atoms with E-state index in [0.717, 1.165) is 5.69 Å². The molecule has 0 aromatic heterocycles. The van der Waals surface area contributed by atoms with Crippen molar-refractivity contribution in [1.82, 2.24) is 9.80 Å². The molecule has 26 heavy (non-hydrogen) atoms. The topological polar surface area (TPSA) is 91.8 Å². The molecule has 2 fully saturated rings. The predicted octanol–water partition coefficient (Wildman–Crippen LogP) is 1.08. The highest BCUT2D eigenvalue weighted by atomic mass is 16.6. The number of hydrogen-bond donors (Lipinski definition) is 1. The second kappa shape index (κ2) is 6.91. The minimum Gasteiger partial charge on any atom is -0.486 e. The summed E-state index contributed by atoms with van der Waals surface area (Å²) in [5.41, 5.74) is 0.720. The number of carbonyl (C=O) groups is 2. The van der Waals surface area contributed by atoms with Crippen molar-refractivity contribution in [1.29, 1.82) is 0 Å². The molecule has 3 aliphatic rings. The number of nitrogens with zero attached hydrogens (tertiary/aromatic N) is 3. The second-order valence-corrected chi connectivity index (χ2v) is 6.51. The first-order valence-electron chi connectivity index (χ1n) is 8.68. The van der Waals surface area contributed by atoms with Gasteiger partial charge in [0.15, 0.2) is 11.5 Å². The Morgan fingerprint density at radius 2 is 1.85 bits per heavy atom. The van der Waals surface area contributed by atoms with Crippen molar-refractivity contribution in [2.45, 2.75) is 6.10 Å². The Hall–Kier alpha value is -2.68. The van der Waals surface area contributed by atoms with Crippen molar-refractivity contribution >= 4 is 17.9 Å². The van der Waals surface area contributed by atoms with Gasteiger partial charge in [0.1, 0.15) is 19.3 Å². The van der Waals surface area contributed by atoms with Gasteiger partial charge in [-0.05, 0) is 12.1 Å². The Morgan fingerprint density at radius 3 is 2.58 bits per heavy atom. The number of carboxylic acid groups (broad SMARTS) is 1. The molecule has 140 valence electrons. The molecule has 3 aliphatic heterocycles. The summed E-state index contributed by atoms with van der Waals surface area (Å²) in [4.78, 5) is 28.4. The molecule has 9 nitrogen and oxygen atoms in total. The van der Waals surface area contributed by atoms with E-state index in [1.165, 1.54) is 4.90 Å². The van der Waals surface area contributed by atoms with Crippen molar-refractivity contribution in [3.05, 3.63) is 18.2 Å². The summed E-state index contributed by atoms with van der Waals surface area (Å²) < 4.78 is 16.6. The third-order valence-corrected chi connectivity index (χ3v) is 4.82. The van der Waals surface area contributed by atoms with Crippen LogP contribution in [0.1, 0.15) is 0 Å². The van der Waals surface area contributed by atoms with Crippen LogP contribution in [-0.4, -0.2) is 85.7 Å². The maximum Gasteiger partial charge on any atom is 0.414 e. The number of fused-ring (bicyclic) bond motifs is 1. The first kappa shape index (κ1) is 16.8. The molecule has 0 aliphatic carbocycles. The Kier molecular flexibility index (Phi) is 4.46. The molecule has 1 atom stereocenters. The van der Waals surface area contributed by atoms with Gasteiger partial charge in [0.25, 0.3) is 0 Å².